The van der Waals surface area contributed by atoms with Gasteiger partial charge >= 0.3 is 0 Å². The summed E-state index contributed by atoms with van der Waals surface area (Å²) in [6.07, 6.45) is 2.19. The fourth-order valence-corrected chi connectivity index (χ4v) is 3.63. The molecular weight excluding hydrogens is 240 g/mol. The molecule has 1 aliphatic heterocycles. The zero-order chi connectivity index (χ0) is 12.9. The number of likely N-dealkylation sites (N-methyl/N-ethyl adjacent to an activating group) is 1. The first-order valence-corrected chi connectivity index (χ1v) is 7.56. The van der Waals surface area contributed by atoms with Crippen molar-refractivity contribution in [3.05, 3.63) is 0 Å². The summed E-state index contributed by atoms with van der Waals surface area (Å²) in [5.41, 5.74) is 0. The molecule has 0 spiro atoms. The number of hydrogen-bond donors (Lipinski definition) is 0. The van der Waals surface area contributed by atoms with Gasteiger partial charge in [-0.05, 0) is 19.3 Å². The number of nitrogens with zero attached hydrogens (tertiary/aromatic N) is 2. The third-order valence-electron chi connectivity index (χ3n) is 3.02. The molecule has 0 saturated carbocycles. The molecule has 0 aromatic heterocycles. The van der Waals surface area contributed by atoms with E-state index in [1.165, 1.54) is 4.31 Å². The molecule has 1 aliphatic rings. The average molecular weight is 260 g/mol. The largest absolute Gasteiger partial charge is 0.377 e. The molecule has 1 heterocycles. The second-order valence-corrected chi connectivity index (χ2v) is 6.27. The summed E-state index contributed by atoms with van der Waals surface area (Å²) in [6.45, 7) is 4.97. The number of sulfonamides is 1. The van der Waals surface area contributed by atoms with Crippen molar-refractivity contribution in [3.63, 3.8) is 0 Å². The maximum absolute atomic E-state index is 12.2. The molecule has 2 unspecified atom stereocenters. The van der Waals surface area contributed by atoms with E-state index in [1.807, 2.05) is 6.07 Å². The van der Waals surface area contributed by atoms with Crippen LogP contribution in [0.4, 0.5) is 0 Å². The molecule has 98 valence electrons. The van der Waals surface area contributed by atoms with Gasteiger partial charge in [-0.2, -0.15) is 9.57 Å². The first-order chi connectivity index (χ1) is 8.06. The Morgan fingerprint density at radius 2 is 2.24 bits per heavy atom. The molecular formula is C11H20N2O3S. The number of nitriles is 1. The van der Waals surface area contributed by atoms with E-state index in [0.29, 0.717) is 26.1 Å². The normalized spacial score (nSPS) is 22.6. The SMILES string of the molecule is CCC(C#N)S(=O)(=O)N(CC)CC1CCCO1. The Kier molecular flexibility index (Phi) is 5.37. The molecule has 17 heavy (non-hydrogen) atoms. The molecule has 6 heteroatoms. The van der Waals surface area contributed by atoms with E-state index in [4.69, 9.17) is 10.00 Å². The van der Waals surface area contributed by atoms with Crippen molar-refractivity contribution in [2.24, 2.45) is 0 Å². The Bertz CT molecular complexity index is 369. The van der Waals surface area contributed by atoms with E-state index >= 15 is 0 Å². The summed E-state index contributed by atoms with van der Waals surface area (Å²) in [5, 5.41) is 7.94. The zero-order valence-electron chi connectivity index (χ0n) is 10.4. The lowest BCUT2D eigenvalue weighted by Gasteiger charge is -2.25. The van der Waals surface area contributed by atoms with Crippen LogP contribution in [-0.4, -0.2) is 43.8 Å². The van der Waals surface area contributed by atoms with Crippen molar-refractivity contribution >= 4 is 10.0 Å². The minimum absolute atomic E-state index is 0.0130. The van der Waals surface area contributed by atoms with Crippen molar-refractivity contribution in [2.75, 3.05) is 19.7 Å². The van der Waals surface area contributed by atoms with Gasteiger partial charge in [-0.25, -0.2) is 8.42 Å². The highest BCUT2D eigenvalue weighted by Gasteiger charge is 2.32. The molecule has 1 fully saturated rings. The summed E-state index contributed by atoms with van der Waals surface area (Å²) in [4.78, 5) is 0. The van der Waals surface area contributed by atoms with E-state index in [2.05, 4.69) is 0 Å². The highest BCUT2D eigenvalue weighted by molar-refractivity contribution is 7.90. The number of ether oxygens (including phenoxy) is 1. The van der Waals surface area contributed by atoms with Gasteiger partial charge in [0.1, 0.15) is 0 Å². The van der Waals surface area contributed by atoms with E-state index in [-0.39, 0.29) is 6.10 Å². The van der Waals surface area contributed by atoms with Crippen molar-refractivity contribution in [3.8, 4) is 6.07 Å². The quantitative estimate of drug-likeness (QED) is 0.717. The first-order valence-electron chi connectivity index (χ1n) is 6.06. The summed E-state index contributed by atoms with van der Waals surface area (Å²) in [5.74, 6) is 0. The lowest BCUT2D eigenvalue weighted by molar-refractivity contribution is 0.0945. The maximum atomic E-state index is 12.2. The van der Waals surface area contributed by atoms with Crippen molar-refractivity contribution in [1.29, 1.82) is 5.26 Å². The third kappa shape index (κ3) is 3.41. The number of hydrogen-bond acceptors (Lipinski definition) is 4. The molecule has 0 bridgehead atoms. The Morgan fingerprint density at radius 1 is 1.53 bits per heavy atom. The number of rotatable bonds is 6. The van der Waals surface area contributed by atoms with Crippen LogP contribution in [-0.2, 0) is 14.8 Å². The minimum atomic E-state index is -3.51. The second-order valence-electron chi connectivity index (χ2n) is 4.16. The van der Waals surface area contributed by atoms with E-state index in [1.54, 1.807) is 13.8 Å². The molecule has 1 saturated heterocycles. The van der Waals surface area contributed by atoms with Gasteiger partial charge in [0.2, 0.25) is 10.0 Å². The van der Waals surface area contributed by atoms with Crippen molar-refractivity contribution in [2.45, 2.75) is 44.5 Å². The summed E-state index contributed by atoms with van der Waals surface area (Å²) in [7, 11) is -3.51. The van der Waals surface area contributed by atoms with Gasteiger partial charge in [-0.1, -0.05) is 13.8 Å². The predicted octanol–water partition coefficient (Wildman–Crippen LogP) is 1.12. The molecule has 5 nitrogen and oxygen atoms in total. The minimum Gasteiger partial charge on any atom is -0.377 e. The first kappa shape index (κ1) is 14.4. The van der Waals surface area contributed by atoms with Crippen LogP contribution in [0.3, 0.4) is 0 Å². The van der Waals surface area contributed by atoms with Crippen LogP contribution >= 0.6 is 0 Å². The maximum Gasteiger partial charge on any atom is 0.230 e. The lowest BCUT2D eigenvalue weighted by Crippen LogP contribution is -2.42. The van der Waals surface area contributed by atoms with Gasteiger partial charge in [0.25, 0.3) is 0 Å². The van der Waals surface area contributed by atoms with Gasteiger partial charge < -0.3 is 4.74 Å². The molecule has 2 atom stereocenters. The van der Waals surface area contributed by atoms with Crippen LogP contribution in [0.25, 0.3) is 0 Å². The van der Waals surface area contributed by atoms with E-state index < -0.39 is 15.3 Å². The summed E-state index contributed by atoms with van der Waals surface area (Å²) >= 11 is 0. The Labute approximate surface area is 103 Å². The Morgan fingerprint density at radius 3 is 2.65 bits per heavy atom. The van der Waals surface area contributed by atoms with E-state index in [0.717, 1.165) is 12.8 Å². The highest BCUT2D eigenvalue weighted by Crippen LogP contribution is 2.18. The average Bonchev–Trinajstić information content (AvgIpc) is 2.79. The van der Waals surface area contributed by atoms with Crippen LogP contribution in [0.5, 0.6) is 0 Å². The fourth-order valence-electron chi connectivity index (χ4n) is 1.98. The van der Waals surface area contributed by atoms with Crippen LogP contribution in [0.2, 0.25) is 0 Å². The van der Waals surface area contributed by atoms with Crippen LogP contribution in [0, 0.1) is 11.3 Å². The topological polar surface area (TPSA) is 70.4 Å². The molecule has 0 aromatic rings. The third-order valence-corrected chi connectivity index (χ3v) is 5.30. The van der Waals surface area contributed by atoms with Crippen LogP contribution < -0.4 is 0 Å². The monoisotopic (exact) mass is 260 g/mol. The second kappa shape index (κ2) is 6.34. The van der Waals surface area contributed by atoms with Crippen molar-refractivity contribution in [1.82, 2.24) is 4.31 Å². The smallest absolute Gasteiger partial charge is 0.230 e. The highest BCUT2D eigenvalue weighted by atomic mass is 32.2. The van der Waals surface area contributed by atoms with Crippen LogP contribution in [0.1, 0.15) is 33.1 Å². The molecule has 1 rings (SSSR count). The fraction of sp³-hybridized carbons (Fsp3) is 0.909. The molecule has 0 radical (unpaired) electrons. The van der Waals surface area contributed by atoms with Gasteiger partial charge in [0.15, 0.2) is 5.25 Å². The summed E-state index contributed by atoms with van der Waals surface area (Å²) < 4.78 is 31.1. The molecule has 0 aromatic carbocycles. The van der Waals surface area contributed by atoms with Gasteiger partial charge in [-0.15, -0.1) is 0 Å². The standard InChI is InChI=1S/C11H20N2O3S/c1-3-11(8-12)17(14,15)13(4-2)9-10-6-5-7-16-10/h10-11H,3-7,9H2,1-2H3. The van der Waals surface area contributed by atoms with E-state index in [9.17, 15) is 8.42 Å². The van der Waals surface area contributed by atoms with Gasteiger partial charge in [-0.3, -0.25) is 0 Å². The van der Waals surface area contributed by atoms with Crippen molar-refractivity contribution < 1.29 is 13.2 Å². The zero-order valence-corrected chi connectivity index (χ0v) is 11.2. The van der Waals surface area contributed by atoms with Gasteiger partial charge in [0, 0.05) is 19.7 Å². The molecule has 0 N–H and O–H groups in total. The summed E-state index contributed by atoms with van der Waals surface area (Å²) in [6, 6.07) is 1.86. The van der Waals surface area contributed by atoms with Gasteiger partial charge in [0.05, 0.1) is 12.2 Å². The lowest BCUT2D eigenvalue weighted by atomic mass is 10.2. The Hall–Kier alpha value is -0.640. The van der Waals surface area contributed by atoms with Crippen LogP contribution in [0.15, 0.2) is 0 Å². The molecule has 0 aliphatic carbocycles. The molecule has 0 amide bonds. The predicted molar refractivity (Wildman–Crippen MR) is 64.8 cm³/mol. The Balaban J connectivity index is 2.74.